The third-order valence-electron chi connectivity index (χ3n) is 6.11. The second-order valence-corrected chi connectivity index (χ2v) is 7.58. The molecule has 1 aromatic heterocycles. The van der Waals surface area contributed by atoms with Gasteiger partial charge in [-0.05, 0) is 39.5 Å². The Morgan fingerprint density at radius 1 is 1.36 bits per heavy atom. The summed E-state index contributed by atoms with van der Waals surface area (Å²) in [6.45, 7) is 4.64. The summed E-state index contributed by atoms with van der Waals surface area (Å²) < 4.78 is 11.1. The zero-order valence-electron chi connectivity index (χ0n) is 15.8. The first kappa shape index (κ1) is 18.4. The Morgan fingerprint density at radius 2 is 2.12 bits per heavy atom. The van der Waals surface area contributed by atoms with Crippen LogP contribution in [0.4, 0.5) is 0 Å². The summed E-state index contributed by atoms with van der Waals surface area (Å²) in [7, 11) is 1.97. The van der Waals surface area contributed by atoms with Crippen molar-refractivity contribution in [2.24, 2.45) is 5.41 Å². The number of rotatable bonds is 7. The second kappa shape index (κ2) is 7.85. The molecule has 2 saturated carbocycles. The first-order chi connectivity index (χ1) is 12.1. The number of nitrogens with zero attached hydrogens (tertiary/aromatic N) is 3. The number of amides is 1. The molecular weight excluding hydrogens is 318 g/mol. The fraction of sp³-hybridized carbons (Fsp3) is 0.842. The van der Waals surface area contributed by atoms with Gasteiger partial charge in [0.25, 0.3) is 0 Å². The van der Waals surface area contributed by atoms with Gasteiger partial charge in [0.15, 0.2) is 5.82 Å². The lowest BCUT2D eigenvalue weighted by molar-refractivity contribution is -0.185. The van der Waals surface area contributed by atoms with Crippen molar-refractivity contribution in [2.45, 2.75) is 83.8 Å². The van der Waals surface area contributed by atoms with Gasteiger partial charge in [-0.15, -0.1) is 0 Å². The summed E-state index contributed by atoms with van der Waals surface area (Å²) in [5.74, 6) is 1.49. The molecule has 0 radical (unpaired) electrons. The first-order valence-electron chi connectivity index (χ1n) is 9.73. The van der Waals surface area contributed by atoms with E-state index < -0.39 is 0 Å². The normalized spacial score (nSPS) is 24.9. The quantitative estimate of drug-likeness (QED) is 0.755. The van der Waals surface area contributed by atoms with E-state index in [0.717, 1.165) is 19.4 Å². The lowest BCUT2D eigenvalue weighted by atomic mass is 9.54. The molecule has 2 fully saturated rings. The van der Waals surface area contributed by atoms with Crippen molar-refractivity contribution in [1.82, 2.24) is 15.0 Å². The highest BCUT2D eigenvalue weighted by Gasteiger charge is 2.57. The fourth-order valence-corrected chi connectivity index (χ4v) is 4.75. The predicted octanol–water partition coefficient (Wildman–Crippen LogP) is 3.29. The molecule has 0 unspecified atom stereocenters. The van der Waals surface area contributed by atoms with Crippen LogP contribution in [0, 0.1) is 12.3 Å². The standard InChI is InChI=1S/C19H31N3O3/c1-4-24-16-13-15(19(16)11-6-5-7-12-19)22(3)18(23)10-8-9-17-20-14(2)21-25-17/h15-16H,4-13H2,1-3H3/t15-,16+/m0/s1. The highest BCUT2D eigenvalue weighted by Crippen LogP contribution is 2.55. The van der Waals surface area contributed by atoms with Gasteiger partial charge >= 0.3 is 0 Å². The molecule has 1 aromatic rings. The minimum Gasteiger partial charge on any atom is -0.378 e. The highest BCUT2D eigenvalue weighted by molar-refractivity contribution is 5.76. The van der Waals surface area contributed by atoms with Crippen LogP contribution in [0.15, 0.2) is 4.52 Å². The Labute approximate surface area is 150 Å². The molecule has 1 amide bonds. The first-order valence-corrected chi connectivity index (χ1v) is 9.73. The number of hydrogen-bond donors (Lipinski definition) is 0. The maximum atomic E-state index is 12.7. The monoisotopic (exact) mass is 349 g/mol. The van der Waals surface area contributed by atoms with Gasteiger partial charge in [-0.25, -0.2) is 0 Å². The molecule has 2 aliphatic carbocycles. The average molecular weight is 349 g/mol. The molecule has 2 aliphatic rings. The zero-order valence-corrected chi connectivity index (χ0v) is 15.8. The van der Waals surface area contributed by atoms with Gasteiger partial charge in [-0.1, -0.05) is 24.4 Å². The van der Waals surface area contributed by atoms with Crippen LogP contribution >= 0.6 is 0 Å². The summed E-state index contributed by atoms with van der Waals surface area (Å²) >= 11 is 0. The molecule has 0 bridgehead atoms. The molecule has 0 aromatic carbocycles. The van der Waals surface area contributed by atoms with E-state index in [9.17, 15) is 4.79 Å². The molecule has 25 heavy (non-hydrogen) atoms. The summed E-state index contributed by atoms with van der Waals surface area (Å²) in [6.07, 6.45) is 9.49. The van der Waals surface area contributed by atoms with Crippen molar-refractivity contribution in [1.29, 1.82) is 0 Å². The molecule has 3 rings (SSSR count). The van der Waals surface area contributed by atoms with Crippen molar-refractivity contribution in [2.75, 3.05) is 13.7 Å². The Kier molecular flexibility index (Phi) is 5.77. The average Bonchev–Trinajstić information content (AvgIpc) is 3.03. The largest absolute Gasteiger partial charge is 0.378 e. The van der Waals surface area contributed by atoms with Gasteiger partial charge in [-0.3, -0.25) is 4.79 Å². The van der Waals surface area contributed by atoms with Crippen molar-refractivity contribution in [3.8, 4) is 0 Å². The number of hydrogen-bond acceptors (Lipinski definition) is 5. The number of carbonyl (C=O) groups excluding carboxylic acids is 1. The molecule has 6 heteroatoms. The zero-order chi connectivity index (χ0) is 17.9. The van der Waals surface area contributed by atoms with Crippen LogP contribution in [0.25, 0.3) is 0 Å². The maximum absolute atomic E-state index is 12.7. The van der Waals surface area contributed by atoms with Crippen LogP contribution in [-0.2, 0) is 16.0 Å². The molecule has 140 valence electrons. The summed E-state index contributed by atoms with van der Waals surface area (Å²) in [6, 6.07) is 0.336. The van der Waals surface area contributed by atoms with Gasteiger partial charge in [0.05, 0.1) is 6.10 Å². The Bertz CT molecular complexity index is 580. The lowest BCUT2D eigenvalue weighted by Crippen LogP contribution is -2.65. The maximum Gasteiger partial charge on any atom is 0.226 e. The van der Waals surface area contributed by atoms with Gasteiger partial charge in [0, 0.05) is 38.0 Å². The highest BCUT2D eigenvalue weighted by atomic mass is 16.5. The van der Waals surface area contributed by atoms with E-state index in [4.69, 9.17) is 9.26 Å². The van der Waals surface area contributed by atoms with Crippen LogP contribution < -0.4 is 0 Å². The van der Waals surface area contributed by atoms with Crippen LogP contribution in [0.2, 0.25) is 0 Å². The minimum atomic E-state index is 0.197. The Morgan fingerprint density at radius 3 is 2.76 bits per heavy atom. The van der Waals surface area contributed by atoms with E-state index in [1.54, 1.807) is 6.92 Å². The van der Waals surface area contributed by atoms with Gasteiger partial charge in [0.1, 0.15) is 0 Å². The van der Waals surface area contributed by atoms with E-state index in [1.807, 2.05) is 11.9 Å². The number of aromatic nitrogens is 2. The lowest BCUT2D eigenvalue weighted by Gasteiger charge is -2.60. The Hall–Kier alpha value is -1.43. The van der Waals surface area contributed by atoms with Crippen molar-refractivity contribution < 1.29 is 14.1 Å². The van der Waals surface area contributed by atoms with E-state index >= 15 is 0 Å². The van der Waals surface area contributed by atoms with Crippen molar-refractivity contribution in [3.63, 3.8) is 0 Å². The van der Waals surface area contributed by atoms with E-state index in [2.05, 4.69) is 17.1 Å². The van der Waals surface area contributed by atoms with E-state index in [1.165, 1.54) is 32.1 Å². The van der Waals surface area contributed by atoms with Crippen molar-refractivity contribution >= 4 is 5.91 Å². The third-order valence-corrected chi connectivity index (χ3v) is 6.11. The third kappa shape index (κ3) is 3.73. The molecule has 0 saturated heterocycles. The smallest absolute Gasteiger partial charge is 0.226 e. The second-order valence-electron chi connectivity index (χ2n) is 7.58. The van der Waals surface area contributed by atoms with E-state index in [-0.39, 0.29) is 11.3 Å². The molecule has 1 spiro atoms. The topological polar surface area (TPSA) is 68.5 Å². The van der Waals surface area contributed by atoms with Crippen LogP contribution in [0.3, 0.4) is 0 Å². The molecule has 6 nitrogen and oxygen atoms in total. The van der Waals surface area contributed by atoms with Crippen molar-refractivity contribution in [3.05, 3.63) is 11.7 Å². The Balaban J connectivity index is 1.54. The summed E-state index contributed by atoms with van der Waals surface area (Å²) in [5.41, 5.74) is 0.197. The van der Waals surface area contributed by atoms with E-state index in [0.29, 0.717) is 36.7 Å². The number of aryl methyl sites for hydroxylation is 2. The molecular formula is C19H31N3O3. The molecule has 2 atom stereocenters. The van der Waals surface area contributed by atoms with Gasteiger partial charge < -0.3 is 14.2 Å². The predicted molar refractivity (Wildman–Crippen MR) is 94.1 cm³/mol. The minimum absolute atomic E-state index is 0.197. The van der Waals surface area contributed by atoms with Crippen LogP contribution in [0.5, 0.6) is 0 Å². The van der Waals surface area contributed by atoms with Gasteiger partial charge in [-0.2, -0.15) is 4.98 Å². The SMILES string of the molecule is CCO[C@@H]1C[C@H](N(C)C(=O)CCCc2nc(C)no2)C12CCCCC2. The molecule has 1 heterocycles. The number of ether oxygens (including phenoxy) is 1. The van der Waals surface area contributed by atoms with Gasteiger partial charge in [0.2, 0.25) is 11.8 Å². The number of carbonyl (C=O) groups is 1. The van der Waals surface area contributed by atoms with Crippen LogP contribution in [-0.4, -0.2) is 46.7 Å². The molecule has 0 N–H and O–H groups in total. The summed E-state index contributed by atoms with van der Waals surface area (Å²) in [4.78, 5) is 18.9. The fourth-order valence-electron chi connectivity index (χ4n) is 4.75. The molecule has 0 aliphatic heterocycles. The van der Waals surface area contributed by atoms with Crippen LogP contribution in [0.1, 0.15) is 70.0 Å². The summed E-state index contributed by atoms with van der Waals surface area (Å²) in [5, 5.41) is 3.79.